The molecule has 2 aromatic carbocycles. The van der Waals surface area contributed by atoms with Gasteiger partial charge >= 0.3 is 0 Å². The molecular weight excluding hydrogens is 438 g/mol. The number of aromatic nitrogens is 1. The normalized spacial score (nSPS) is 13.9. The predicted octanol–water partition coefficient (Wildman–Crippen LogP) is 2.74. The monoisotopic (exact) mass is 461 g/mol. The van der Waals surface area contributed by atoms with Crippen LogP contribution >= 0.6 is 0 Å². The number of nitriles is 1. The lowest BCUT2D eigenvalue weighted by Gasteiger charge is -2.35. The van der Waals surface area contributed by atoms with Gasteiger partial charge in [-0.15, -0.1) is 0 Å². The first-order chi connectivity index (χ1) is 15.9. The first-order valence-electron chi connectivity index (χ1n) is 10.4. The highest BCUT2D eigenvalue weighted by atomic mass is 32.2. The van der Waals surface area contributed by atoms with Crippen molar-refractivity contribution in [3.8, 4) is 6.07 Å². The minimum absolute atomic E-state index is 0.120. The Hall–Kier alpha value is -3.90. The summed E-state index contributed by atoms with van der Waals surface area (Å²) < 4.78 is 27.1. The number of nitrogens with zero attached hydrogens (tertiary/aromatic N) is 5. The van der Waals surface area contributed by atoms with E-state index in [0.717, 1.165) is 0 Å². The Labute approximate surface area is 193 Å². The Morgan fingerprint density at radius 3 is 2.27 bits per heavy atom. The van der Waals surface area contributed by atoms with Gasteiger partial charge in [0.2, 0.25) is 0 Å². The van der Waals surface area contributed by atoms with Crippen molar-refractivity contribution < 1.29 is 13.2 Å². The molecular formula is C24H23N5O3S. The number of rotatable bonds is 5. The minimum atomic E-state index is -3.74. The number of hydrogen-bond donors (Lipinski definition) is 0. The molecule has 1 aliphatic rings. The summed E-state index contributed by atoms with van der Waals surface area (Å²) in [5.41, 5.74) is 1.50. The number of sulfonamides is 1. The molecule has 0 saturated carbocycles. The van der Waals surface area contributed by atoms with Crippen molar-refractivity contribution in [3.63, 3.8) is 0 Å². The van der Waals surface area contributed by atoms with E-state index in [1.54, 1.807) is 59.6 Å². The van der Waals surface area contributed by atoms with Crippen molar-refractivity contribution in [1.82, 2.24) is 9.88 Å². The van der Waals surface area contributed by atoms with E-state index in [1.807, 2.05) is 11.0 Å². The molecule has 4 rings (SSSR count). The topological polar surface area (TPSA) is 97.6 Å². The van der Waals surface area contributed by atoms with Crippen LogP contribution in [0.15, 0.2) is 77.8 Å². The highest BCUT2D eigenvalue weighted by Gasteiger charge is 2.25. The Morgan fingerprint density at radius 2 is 1.64 bits per heavy atom. The molecule has 1 fully saturated rings. The van der Waals surface area contributed by atoms with Crippen LogP contribution in [0.2, 0.25) is 0 Å². The van der Waals surface area contributed by atoms with Gasteiger partial charge in [0.25, 0.3) is 15.9 Å². The van der Waals surface area contributed by atoms with E-state index in [-0.39, 0.29) is 10.8 Å². The Kier molecular flexibility index (Phi) is 6.29. The zero-order valence-electron chi connectivity index (χ0n) is 18.1. The first-order valence-corrected chi connectivity index (χ1v) is 11.9. The Morgan fingerprint density at radius 1 is 0.970 bits per heavy atom. The number of carbonyl (C=O) groups is 1. The number of benzene rings is 2. The maximum Gasteiger partial charge on any atom is 0.264 e. The summed E-state index contributed by atoms with van der Waals surface area (Å²) in [6, 6.07) is 20.4. The third-order valence-electron chi connectivity index (χ3n) is 5.65. The molecule has 9 heteroatoms. The van der Waals surface area contributed by atoms with E-state index < -0.39 is 10.0 Å². The van der Waals surface area contributed by atoms with Crippen molar-refractivity contribution in [2.45, 2.75) is 4.90 Å². The van der Waals surface area contributed by atoms with Crippen LogP contribution in [0.5, 0.6) is 0 Å². The van der Waals surface area contributed by atoms with Crippen LogP contribution in [0.3, 0.4) is 0 Å². The molecule has 8 nitrogen and oxygen atoms in total. The van der Waals surface area contributed by atoms with Gasteiger partial charge in [0.05, 0.1) is 16.1 Å². The van der Waals surface area contributed by atoms with Gasteiger partial charge in [-0.05, 0) is 48.5 Å². The smallest absolute Gasteiger partial charge is 0.264 e. The fourth-order valence-electron chi connectivity index (χ4n) is 3.74. The second-order valence-corrected chi connectivity index (χ2v) is 9.57. The molecule has 1 aliphatic heterocycles. The fourth-order valence-corrected chi connectivity index (χ4v) is 4.94. The third-order valence-corrected chi connectivity index (χ3v) is 7.45. The average molecular weight is 462 g/mol. The zero-order valence-corrected chi connectivity index (χ0v) is 18.9. The summed E-state index contributed by atoms with van der Waals surface area (Å²) in [4.78, 5) is 21.1. The summed E-state index contributed by atoms with van der Waals surface area (Å²) in [7, 11) is -2.23. The van der Waals surface area contributed by atoms with Gasteiger partial charge in [0.15, 0.2) is 0 Å². The number of para-hydroxylation sites is 1. The van der Waals surface area contributed by atoms with Crippen LogP contribution in [0.4, 0.5) is 11.5 Å². The summed E-state index contributed by atoms with van der Waals surface area (Å²) in [5.74, 6) is 0.473. The lowest BCUT2D eigenvalue weighted by atomic mass is 10.1. The number of anilines is 2. The lowest BCUT2D eigenvalue weighted by Crippen LogP contribution is -2.49. The van der Waals surface area contributed by atoms with Gasteiger partial charge in [-0.25, -0.2) is 13.4 Å². The van der Waals surface area contributed by atoms with E-state index in [1.165, 1.54) is 23.5 Å². The molecule has 0 aliphatic carbocycles. The zero-order chi connectivity index (χ0) is 23.4. The lowest BCUT2D eigenvalue weighted by molar-refractivity contribution is 0.0746. The minimum Gasteiger partial charge on any atom is -0.352 e. The van der Waals surface area contributed by atoms with Gasteiger partial charge in [-0.2, -0.15) is 5.26 Å². The van der Waals surface area contributed by atoms with Crippen molar-refractivity contribution in [1.29, 1.82) is 5.26 Å². The Bertz CT molecular complexity index is 1280. The van der Waals surface area contributed by atoms with E-state index in [9.17, 15) is 18.5 Å². The van der Waals surface area contributed by atoms with E-state index in [0.29, 0.717) is 48.8 Å². The molecule has 1 aromatic heterocycles. The summed E-state index contributed by atoms with van der Waals surface area (Å²) >= 11 is 0. The van der Waals surface area contributed by atoms with Gasteiger partial charge in [0.1, 0.15) is 11.9 Å². The highest BCUT2D eigenvalue weighted by molar-refractivity contribution is 7.92. The molecule has 0 spiro atoms. The van der Waals surface area contributed by atoms with E-state index in [2.05, 4.69) is 11.1 Å². The average Bonchev–Trinajstić information content (AvgIpc) is 2.88. The second kappa shape index (κ2) is 9.30. The van der Waals surface area contributed by atoms with E-state index in [4.69, 9.17) is 0 Å². The number of hydrogen-bond acceptors (Lipinski definition) is 6. The van der Waals surface area contributed by atoms with Gasteiger partial charge in [-0.1, -0.05) is 18.2 Å². The second-order valence-electron chi connectivity index (χ2n) is 7.60. The quantitative estimate of drug-likeness (QED) is 0.580. The molecule has 0 atom stereocenters. The number of piperazine rings is 1. The summed E-state index contributed by atoms with van der Waals surface area (Å²) in [6.45, 7) is 2.09. The van der Waals surface area contributed by atoms with Crippen LogP contribution in [-0.4, -0.2) is 57.4 Å². The summed E-state index contributed by atoms with van der Waals surface area (Å²) in [6.07, 6.45) is 1.65. The molecule has 0 unspecified atom stereocenters. The number of pyridine rings is 1. The fraction of sp³-hybridized carbons (Fsp3) is 0.208. The standard InChI is InChI=1S/C24H23N5O3S/c1-27(21-7-3-2-4-8-21)33(31,32)22-11-9-19(10-12-22)24(30)29-16-14-28(15-17-29)23-20(18-25)6-5-13-26-23/h2-13H,14-17H2,1H3. The number of carbonyl (C=O) groups excluding carboxylic acids is 1. The van der Waals surface area contributed by atoms with Crippen LogP contribution in [0, 0.1) is 11.3 Å². The van der Waals surface area contributed by atoms with Gasteiger partial charge < -0.3 is 9.80 Å². The number of amides is 1. The van der Waals surface area contributed by atoms with Crippen molar-refractivity contribution in [2.24, 2.45) is 0 Å². The molecule has 0 bridgehead atoms. The van der Waals surface area contributed by atoms with Crippen LogP contribution < -0.4 is 9.21 Å². The maximum atomic E-state index is 13.0. The SMILES string of the molecule is CN(c1ccccc1)S(=O)(=O)c1ccc(C(=O)N2CCN(c3ncccc3C#N)CC2)cc1. The van der Waals surface area contributed by atoms with Crippen LogP contribution in [0.25, 0.3) is 0 Å². The third kappa shape index (κ3) is 4.52. The van der Waals surface area contributed by atoms with Gasteiger partial charge in [0, 0.05) is 45.0 Å². The van der Waals surface area contributed by atoms with Crippen molar-refractivity contribution in [3.05, 3.63) is 84.1 Å². The highest BCUT2D eigenvalue weighted by Crippen LogP contribution is 2.23. The molecule has 168 valence electrons. The first kappa shape index (κ1) is 22.3. The molecule has 2 heterocycles. The van der Waals surface area contributed by atoms with E-state index >= 15 is 0 Å². The maximum absolute atomic E-state index is 13.0. The predicted molar refractivity (Wildman–Crippen MR) is 126 cm³/mol. The summed E-state index contributed by atoms with van der Waals surface area (Å²) in [5, 5.41) is 9.29. The molecule has 0 radical (unpaired) electrons. The Balaban J connectivity index is 1.43. The molecule has 33 heavy (non-hydrogen) atoms. The van der Waals surface area contributed by atoms with Crippen molar-refractivity contribution in [2.75, 3.05) is 42.4 Å². The van der Waals surface area contributed by atoms with Gasteiger partial charge in [-0.3, -0.25) is 9.10 Å². The molecule has 0 N–H and O–H groups in total. The van der Waals surface area contributed by atoms with Crippen LogP contribution in [0.1, 0.15) is 15.9 Å². The van der Waals surface area contributed by atoms with Crippen molar-refractivity contribution >= 4 is 27.4 Å². The molecule has 3 aromatic rings. The largest absolute Gasteiger partial charge is 0.352 e. The van der Waals surface area contributed by atoms with Crippen LogP contribution in [-0.2, 0) is 10.0 Å². The molecule has 1 amide bonds. The molecule has 1 saturated heterocycles.